The summed E-state index contributed by atoms with van der Waals surface area (Å²) in [5.41, 5.74) is 2.38. The van der Waals surface area contributed by atoms with Crippen molar-refractivity contribution in [3.05, 3.63) is 130 Å². The number of esters is 1. The molecule has 0 unspecified atom stereocenters. The van der Waals surface area contributed by atoms with Gasteiger partial charge >= 0.3 is 5.97 Å². The summed E-state index contributed by atoms with van der Waals surface area (Å²) >= 11 is 0. The molecule has 0 saturated carbocycles. The van der Waals surface area contributed by atoms with Gasteiger partial charge in [0.1, 0.15) is 11.7 Å². The van der Waals surface area contributed by atoms with E-state index in [1.54, 1.807) is 72.8 Å². The molecule has 4 aromatic carbocycles. The van der Waals surface area contributed by atoms with Gasteiger partial charge < -0.3 is 4.74 Å². The molecule has 0 bridgehead atoms. The number of hydrogen-bond donors (Lipinski definition) is 0. The minimum absolute atomic E-state index is 0.163. The van der Waals surface area contributed by atoms with Crippen LogP contribution >= 0.6 is 0 Å². The van der Waals surface area contributed by atoms with E-state index in [1.165, 1.54) is 23.3 Å². The molecule has 2 aliphatic heterocycles. The van der Waals surface area contributed by atoms with Crippen LogP contribution in [0, 0.1) is 23.0 Å². The quantitative estimate of drug-likeness (QED) is 0.106. The molecule has 2 amide bonds. The lowest BCUT2D eigenvalue weighted by Gasteiger charge is -2.29. The molecule has 204 valence electrons. The highest BCUT2D eigenvalue weighted by Crippen LogP contribution is 2.48. The normalized spacial score (nSPS) is 19.8. The van der Waals surface area contributed by atoms with E-state index in [9.17, 15) is 24.5 Å². The smallest absolute Gasteiger partial charge is 0.343 e. The van der Waals surface area contributed by atoms with Crippen molar-refractivity contribution in [3.63, 3.8) is 0 Å². The first-order valence-corrected chi connectivity index (χ1v) is 12.8. The molecule has 2 aliphatic rings. The predicted molar refractivity (Wildman–Crippen MR) is 148 cm³/mol. The minimum Gasteiger partial charge on any atom is -0.423 e. The third kappa shape index (κ3) is 4.60. The molecule has 41 heavy (non-hydrogen) atoms. The van der Waals surface area contributed by atoms with Crippen molar-refractivity contribution >= 4 is 34.8 Å². The standard InChI is InChI=1S/C31H23N3O7/c1-19-8-5-6-13-25(19)32-29(35)26-27(20-14-16-24(17-15-20)40-31(37)21-9-3-2-4-10-21)33(41-28(26)30(32)36)22-11-7-12-23(18-22)34(38)39/h2-18,26-28H,1H3/t26-,27+,28+/m0/s1. The summed E-state index contributed by atoms with van der Waals surface area (Å²) in [5, 5.41) is 12.9. The largest absolute Gasteiger partial charge is 0.423 e. The van der Waals surface area contributed by atoms with Crippen LogP contribution in [0.15, 0.2) is 103 Å². The molecule has 2 saturated heterocycles. The Balaban J connectivity index is 1.37. The summed E-state index contributed by atoms with van der Waals surface area (Å²) in [6.07, 6.45) is -1.14. The van der Waals surface area contributed by atoms with E-state index in [0.29, 0.717) is 22.5 Å². The number of nitrogens with zero attached hydrogens (tertiary/aromatic N) is 3. The van der Waals surface area contributed by atoms with Crippen molar-refractivity contribution in [3.8, 4) is 5.75 Å². The number of ether oxygens (including phenoxy) is 1. The van der Waals surface area contributed by atoms with Crippen molar-refractivity contribution in [2.45, 2.75) is 19.1 Å². The van der Waals surface area contributed by atoms with E-state index in [2.05, 4.69) is 0 Å². The van der Waals surface area contributed by atoms with Crippen molar-refractivity contribution in [2.75, 3.05) is 9.96 Å². The van der Waals surface area contributed by atoms with Crippen LogP contribution in [-0.4, -0.2) is 28.8 Å². The van der Waals surface area contributed by atoms with Gasteiger partial charge in [0, 0.05) is 12.1 Å². The van der Waals surface area contributed by atoms with Gasteiger partial charge in [0.15, 0.2) is 6.10 Å². The Morgan fingerprint density at radius 2 is 1.59 bits per heavy atom. The minimum atomic E-state index is -1.14. The SMILES string of the molecule is Cc1ccccc1N1C(=O)[C@H]2[C@@H](c3ccc(OC(=O)c4ccccc4)cc3)N(c3cccc([N+](=O)[O-])c3)O[C@H]2C1=O. The van der Waals surface area contributed by atoms with Crippen LogP contribution in [-0.2, 0) is 14.4 Å². The molecule has 0 radical (unpaired) electrons. The van der Waals surface area contributed by atoms with Gasteiger partial charge in [-0.2, -0.15) is 0 Å². The van der Waals surface area contributed by atoms with Gasteiger partial charge in [0.05, 0.1) is 27.9 Å². The lowest BCUT2D eigenvalue weighted by Crippen LogP contribution is -2.37. The Morgan fingerprint density at radius 3 is 2.29 bits per heavy atom. The molecule has 2 heterocycles. The highest BCUT2D eigenvalue weighted by Gasteiger charge is 2.60. The fraction of sp³-hybridized carbons (Fsp3) is 0.129. The number of para-hydroxylation sites is 1. The number of rotatable bonds is 6. The van der Waals surface area contributed by atoms with Gasteiger partial charge in [-0.1, -0.05) is 54.6 Å². The molecule has 2 fully saturated rings. The summed E-state index contributed by atoms with van der Waals surface area (Å²) in [6, 6.07) is 27.2. The van der Waals surface area contributed by atoms with Crippen molar-refractivity contribution in [1.29, 1.82) is 0 Å². The first-order valence-electron chi connectivity index (χ1n) is 12.8. The second kappa shape index (κ2) is 10.3. The highest BCUT2D eigenvalue weighted by atomic mass is 16.7. The second-order valence-electron chi connectivity index (χ2n) is 9.72. The summed E-state index contributed by atoms with van der Waals surface area (Å²) in [4.78, 5) is 58.2. The molecule has 0 aromatic heterocycles. The number of nitro benzene ring substituents is 1. The number of benzene rings is 4. The Bertz CT molecular complexity index is 1670. The molecule has 4 aromatic rings. The number of fused-ring (bicyclic) bond motifs is 1. The number of amides is 2. The average Bonchev–Trinajstić information content (AvgIpc) is 3.50. The lowest BCUT2D eigenvalue weighted by molar-refractivity contribution is -0.384. The maximum absolute atomic E-state index is 13.9. The van der Waals surface area contributed by atoms with Crippen LogP contribution in [0.25, 0.3) is 0 Å². The second-order valence-corrected chi connectivity index (χ2v) is 9.72. The lowest BCUT2D eigenvalue weighted by atomic mass is 9.90. The maximum atomic E-state index is 13.9. The van der Waals surface area contributed by atoms with E-state index in [4.69, 9.17) is 9.57 Å². The van der Waals surface area contributed by atoms with Gasteiger partial charge in [0.2, 0.25) is 5.91 Å². The van der Waals surface area contributed by atoms with E-state index < -0.39 is 40.8 Å². The number of aryl methyl sites for hydroxylation is 1. The van der Waals surface area contributed by atoms with Gasteiger partial charge in [0.25, 0.3) is 11.6 Å². The molecular weight excluding hydrogens is 526 g/mol. The molecule has 3 atom stereocenters. The van der Waals surface area contributed by atoms with Crippen LogP contribution in [0.4, 0.5) is 17.1 Å². The van der Waals surface area contributed by atoms with Gasteiger partial charge in [-0.25, -0.2) is 14.8 Å². The first kappa shape index (κ1) is 25.9. The number of anilines is 2. The van der Waals surface area contributed by atoms with E-state index in [1.807, 2.05) is 19.1 Å². The van der Waals surface area contributed by atoms with Crippen LogP contribution in [0.5, 0.6) is 5.75 Å². The van der Waals surface area contributed by atoms with E-state index in [-0.39, 0.29) is 11.4 Å². The number of non-ortho nitro benzene ring substituents is 1. The van der Waals surface area contributed by atoms with E-state index >= 15 is 0 Å². The Labute approximate surface area is 234 Å². The fourth-order valence-electron chi connectivity index (χ4n) is 5.25. The van der Waals surface area contributed by atoms with Crippen LogP contribution in [0.1, 0.15) is 27.5 Å². The monoisotopic (exact) mass is 549 g/mol. The predicted octanol–water partition coefficient (Wildman–Crippen LogP) is 5.17. The Kier molecular flexibility index (Phi) is 6.52. The fourth-order valence-corrected chi connectivity index (χ4v) is 5.25. The number of hydrogen-bond acceptors (Lipinski definition) is 8. The van der Waals surface area contributed by atoms with Gasteiger partial charge in [-0.3, -0.25) is 24.5 Å². The van der Waals surface area contributed by atoms with Crippen molar-refractivity contribution in [2.24, 2.45) is 5.92 Å². The zero-order valence-corrected chi connectivity index (χ0v) is 21.7. The zero-order valence-electron chi connectivity index (χ0n) is 21.7. The third-order valence-electron chi connectivity index (χ3n) is 7.21. The molecule has 0 spiro atoms. The van der Waals surface area contributed by atoms with Crippen LogP contribution in [0.2, 0.25) is 0 Å². The topological polar surface area (TPSA) is 119 Å². The van der Waals surface area contributed by atoms with Gasteiger partial charge in [-0.15, -0.1) is 0 Å². The molecule has 10 heteroatoms. The molecule has 10 nitrogen and oxygen atoms in total. The van der Waals surface area contributed by atoms with Crippen molar-refractivity contribution < 1.29 is 28.9 Å². The average molecular weight is 550 g/mol. The number of hydroxylamine groups is 1. The highest BCUT2D eigenvalue weighted by molar-refractivity contribution is 6.24. The summed E-state index contributed by atoms with van der Waals surface area (Å²) in [5.74, 6) is -2.12. The summed E-state index contributed by atoms with van der Waals surface area (Å²) in [7, 11) is 0. The Hall–Kier alpha value is -5.35. The van der Waals surface area contributed by atoms with Crippen LogP contribution in [0.3, 0.4) is 0 Å². The maximum Gasteiger partial charge on any atom is 0.343 e. The van der Waals surface area contributed by atoms with Gasteiger partial charge in [-0.05, 0) is 54.4 Å². The van der Waals surface area contributed by atoms with E-state index in [0.717, 1.165) is 10.5 Å². The first-order chi connectivity index (χ1) is 19.8. The number of carbonyl (C=O) groups is 3. The number of nitro groups is 1. The summed E-state index contributed by atoms with van der Waals surface area (Å²) < 4.78 is 5.50. The molecular formula is C31H23N3O7. The summed E-state index contributed by atoms with van der Waals surface area (Å²) in [6.45, 7) is 1.81. The Morgan fingerprint density at radius 1 is 0.878 bits per heavy atom. The number of carbonyl (C=O) groups excluding carboxylic acids is 3. The van der Waals surface area contributed by atoms with Crippen molar-refractivity contribution in [1.82, 2.24) is 0 Å². The van der Waals surface area contributed by atoms with Crippen LogP contribution < -0.4 is 14.7 Å². The zero-order chi connectivity index (χ0) is 28.7. The third-order valence-corrected chi connectivity index (χ3v) is 7.21. The molecule has 0 aliphatic carbocycles. The molecule has 6 rings (SSSR count). The molecule has 0 N–H and O–H groups in total. The number of imide groups is 1.